The Hall–Kier alpha value is -1.82. The zero-order valence-corrected chi connectivity index (χ0v) is 20.0. The lowest BCUT2D eigenvalue weighted by atomic mass is 10.0. The summed E-state index contributed by atoms with van der Waals surface area (Å²) >= 11 is 0. The average molecular weight is 538 g/mol. The number of likely N-dealkylation sites (N-methyl/N-ethyl adjacent to an activating group) is 1. The number of aliphatic imine (C=N–C) groups is 1. The number of hydrogen-bond acceptors (Lipinski definition) is 3. The summed E-state index contributed by atoms with van der Waals surface area (Å²) in [6.45, 7) is 6.71. The summed E-state index contributed by atoms with van der Waals surface area (Å²) in [6, 6.07) is 7.23. The van der Waals surface area contributed by atoms with E-state index >= 15 is 0 Å². The molecule has 10 heteroatoms. The molecule has 0 aliphatic carbocycles. The number of guanidine groups is 1. The summed E-state index contributed by atoms with van der Waals surface area (Å²) in [5.41, 5.74) is 1.20. The van der Waals surface area contributed by atoms with Gasteiger partial charge in [0.05, 0.1) is 23.8 Å². The molecule has 168 valence electrons. The number of benzene rings is 1. The molecule has 0 saturated carbocycles. The lowest BCUT2D eigenvalue weighted by molar-refractivity contribution is -0.137. The molecule has 0 radical (unpaired) electrons. The van der Waals surface area contributed by atoms with Crippen LogP contribution < -0.4 is 10.6 Å². The van der Waals surface area contributed by atoms with Gasteiger partial charge in [-0.2, -0.15) is 18.3 Å². The van der Waals surface area contributed by atoms with Gasteiger partial charge < -0.3 is 10.6 Å². The lowest BCUT2D eigenvalue weighted by Crippen LogP contribution is -2.43. The van der Waals surface area contributed by atoms with E-state index in [1.54, 1.807) is 30.1 Å². The highest BCUT2D eigenvalue weighted by Crippen LogP contribution is 2.30. The average Bonchev–Trinajstić information content (AvgIpc) is 3.11. The maximum absolute atomic E-state index is 12.9. The molecule has 0 fully saturated rings. The molecule has 0 bridgehead atoms. The fourth-order valence-corrected chi connectivity index (χ4v) is 3.18. The molecule has 6 nitrogen and oxygen atoms in total. The minimum absolute atomic E-state index is 0. The van der Waals surface area contributed by atoms with Gasteiger partial charge in [-0.1, -0.05) is 26.0 Å². The lowest BCUT2D eigenvalue weighted by Gasteiger charge is -2.31. The van der Waals surface area contributed by atoms with Gasteiger partial charge in [0.15, 0.2) is 5.96 Å². The van der Waals surface area contributed by atoms with Crippen molar-refractivity contribution in [3.8, 4) is 0 Å². The van der Waals surface area contributed by atoms with E-state index in [9.17, 15) is 13.2 Å². The van der Waals surface area contributed by atoms with E-state index in [0.717, 1.165) is 36.5 Å². The van der Waals surface area contributed by atoms with Crippen LogP contribution in [0.25, 0.3) is 0 Å². The number of alkyl halides is 3. The molecule has 1 unspecified atom stereocenters. The molecule has 2 N–H and O–H groups in total. The van der Waals surface area contributed by atoms with Gasteiger partial charge in [0, 0.05) is 26.8 Å². The first kappa shape index (κ1) is 26.2. The number of aromatic nitrogens is 2. The quantitative estimate of drug-likeness (QED) is 0.305. The van der Waals surface area contributed by atoms with Crippen LogP contribution >= 0.6 is 24.0 Å². The Kier molecular flexibility index (Phi) is 10.6. The van der Waals surface area contributed by atoms with Crippen molar-refractivity contribution < 1.29 is 13.2 Å². The van der Waals surface area contributed by atoms with Crippen molar-refractivity contribution in [1.82, 2.24) is 25.3 Å². The molecular weight excluding hydrogens is 508 g/mol. The van der Waals surface area contributed by atoms with Gasteiger partial charge in [-0.25, -0.2) is 0 Å². The molecule has 0 aliphatic rings. The molecular formula is C20H30F3IN6. The molecule has 2 rings (SSSR count). The molecule has 0 aliphatic heterocycles. The topological polar surface area (TPSA) is 57.5 Å². The van der Waals surface area contributed by atoms with Crippen molar-refractivity contribution in [3.05, 3.63) is 53.3 Å². The fraction of sp³-hybridized carbons (Fsp3) is 0.500. The molecule has 0 spiro atoms. The number of aryl methyl sites for hydroxylation is 1. The van der Waals surface area contributed by atoms with Crippen molar-refractivity contribution in [2.75, 3.05) is 26.7 Å². The van der Waals surface area contributed by atoms with Crippen LogP contribution in [0.15, 0.2) is 41.5 Å². The van der Waals surface area contributed by atoms with E-state index in [4.69, 9.17) is 0 Å². The highest BCUT2D eigenvalue weighted by molar-refractivity contribution is 14.0. The second kappa shape index (κ2) is 12.1. The molecule has 1 atom stereocenters. The van der Waals surface area contributed by atoms with Crippen LogP contribution in [0.5, 0.6) is 0 Å². The first-order valence-corrected chi connectivity index (χ1v) is 9.62. The SMILES string of the molecule is CCN(CC)C(CNC(=NC)NCc1ccnn1C)c1ccc(C(F)(F)F)cc1.I. The number of halogens is 4. The Bertz CT molecular complexity index is 785. The fourth-order valence-electron chi connectivity index (χ4n) is 3.18. The third kappa shape index (κ3) is 7.15. The van der Waals surface area contributed by atoms with Crippen LogP contribution in [0.2, 0.25) is 0 Å². The third-order valence-corrected chi connectivity index (χ3v) is 4.92. The van der Waals surface area contributed by atoms with Crippen LogP contribution in [0.4, 0.5) is 13.2 Å². The van der Waals surface area contributed by atoms with Crippen molar-refractivity contribution >= 4 is 29.9 Å². The normalized spacial score (nSPS) is 13.1. The van der Waals surface area contributed by atoms with Gasteiger partial charge in [0.25, 0.3) is 0 Å². The Morgan fingerprint density at radius 2 is 1.77 bits per heavy atom. The van der Waals surface area contributed by atoms with E-state index in [2.05, 4.69) is 25.6 Å². The van der Waals surface area contributed by atoms with E-state index in [1.807, 2.05) is 27.0 Å². The zero-order valence-electron chi connectivity index (χ0n) is 17.7. The summed E-state index contributed by atoms with van der Waals surface area (Å²) in [4.78, 5) is 6.44. The predicted octanol–water partition coefficient (Wildman–Crippen LogP) is 3.81. The first-order valence-electron chi connectivity index (χ1n) is 9.62. The van der Waals surface area contributed by atoms with Gasteiger partial charge in [0.2, 0.25) is 0 Å². The van der Waals surface area contributed by atoms with Crippen LogP contribution in [-0.4, -0.2) is 47.3 Å². The largest absolute Gasteiger partial charge is 0.416 e. The number of hydrogen-bond donors (Lipinski definition) is 2. The van der Waals surface area contributed by atoms with Crippen molar-refractivity contribution in [2.45, 2.75) is 32.6 Å². The molecule has 0 amide bonds. The van der Waals surface area contributed by atoms with E-state index in [1.165, 1.54) is 0 Å². The van der Waals surface area contributed by atoms with Gasteiger partial charge >= 0.3 is 6.18 Å². The van der Waals surface area contributed by atoms with E-state index in [-0.39, 0.29) is 30.0 Å². The summed E-state index contributed by atoms with van der Waals surface area (Å²) in [7, 11) is 3.55. The van der Waals surface area contributed by atoms with Crippen molar-refractivity contribution in [2.24, 2.45) is 12.0 Å². The second-order valence-corrected chi connectivity index (χ2v) is 6.61. The summed E-state index contributed by atoms with van der Waals surface area (Å²) in [5.74, 6) is 0.621. The minimum atomic E-state index is -4.33. The van der Waals surface area contributed by atoms with Gasteiger partial charge in [-0.3, -0.25) is 14.6 Å². The molecule has 1 aromatic carbocycles. The van der Waals surface area contributed by atoms with Gasteiger partial charge in [-0.15, -0.1) is 24.0 Å². The summed E-state index contributed by atoms with van der Waals surface area (Å²) in [5, 5.41) is 10.7. The number of nitrogens with zero attached hydrogens (tertiary/aromatic N) is 4. The summed E-state index contributed by atoms with van der Waals surface area (Å²) < 4.78 is 40.4. The monoisotopic (exact) mass is 538 g/mol. The second-order valence-electron chi connectivity index (χ2n) is 6.61. The minimum Gasteiger partial charge on any atom is -0.354 e. The molecule has 1 aromatic heterocycles. The van der Waals surface area contributed by atoms with Crippen LogP contribution in [0.1, 0.15) is 36.7 Å². The maximum atomic E-state index is 12.9. The smallest absolute Gasteiger partial charge is 0.354 e. The Labute approximate surface area is 193 Å². The highest BCUT2D eigenvalue weighted by atomic mass is 127. The first-order chi connectivity index (χ1) is 13.8. The van der Waals surface area contributed by atoms with Crippen LogP contribution in [0, 0.1) is 0 Å². The van der Waals surface area contributed by atoms with Crippen LogP contribution in [0.3, 0.4) is 0 Å². The van der Waals surface area contributed by atoms with Gasteiger partial charge in [0.1, 0.15) is 0 Å². The molecule has 0 saturated heterocycles. The molecule has 30 heavy (non-hydrogen) atoms. The molecule has 1 heterocycles. The standard InChI is InChI=1S/C20H29F3N6.HI/c1-5-29(6-2)18(15-7-9-16(10-8-15)20(21,22)23)14-26-19(24-3)25-13-17-11-12-27-28(17)4;/h7-12,18H,5-6,13-14H2,1-4H3,(H2,24,25,26);1H. The van der Waals surface area contributed by atoms with Crippen LogP contribution in [-0.2, 0) is 19.8 Å². The van der Waals surface area contributed by atoms with Gasteiger partial charge in [-0.05, 0) is 36.9 Å². The molecule has 2 aromatic rings. The summed E-state index contributed by atoms with van der Waals surface area (Å²) in [6.07, 6.45) is -2.60. The third-order valence-electron chi connectivity index (χ3n) is 4.92. The predicted molar refractivity (Wildman–Crippen MR) is 124 cm³/mol. The zero-order chi connectivity index (χ0) is 21.4. The van der Waals surface area contributed by atoms with Crippen molar-refractivity contribution in [1.29, 1.82) is 0 Å². The Balaban J connectivity index is 0.00000450. The maximum Gasteiger partial charge on any atom is 0.416 e. The van der Waals surface area contributed by atoms with Crippen molar-refractivity contribution in [3.63, 3.8) is 0 Å². The van der Waals surface area contributed by atoms with E-state index < -0.39 is 11.7 Å². The number of rotatable bonds is 8. The van der Waals surface area contributed by atoms with E-state index in [0.29, 0.717) is 19.0 Å². The Morgan fingerprint density at radius 1 is 1.13 bits per heavy atom. The number of nitrogens with one attached hydrogen (secondary N) is 2. The highest BCUT2D eigenvalue weighted by Gasteiger charge is 2.30. The Morgan fingerprint density at radius 3 is 2.23 bits per heavy atom.